The number of carbonyl (C=O) groups excluding carboxylic acids is 1. The van der Waals surface area contributed by atoms with Crippen molar-refractivity contribution in [2.45, 2.75) is 25.9 Å². The second-order valence-electron chi connectivity index (χ2n) is 6.12. The van der Waals surface area contributed by atoms with E-state index in [0.29, 0.717) is 24.5 Å². The van der Waals surface area contributed by atoms with Crippen LogP contribution in [0.2, 0.25) is 0 Å². The van der Waals surface area contributed by atoms with Crippen LogP contribution in [0.4, 0.5) is 0 Å². The number of nitrogens with zero attached hydrogens (tertiary/aromatic N) is 1. The summed E-state index contributed by atoms with van der Waals surface area (Å²) >= 11 is 0. The molecule has 0 saturated heterocycles. The number of rotatable bonds is 7. The van der Waals surface area contributed by atoms with E-state index < -0.39 is 6.04 Å². The first-order valence-electron chi connectivity index (χ1n) is 8.22. The Labute approximate surface area is 161 Å². The van der Waals surface area contributed by atoms with Crippen LogP contribution >= 0.6 is 12.4 Å². The normalized spacial score (nSPS) is 11.3. The highest BCUT2D eigenvalue weighted by Crippen LogP contribution is 2.30. The zero-order valence-electron chi connectivity index (χ0n) is 15.7. The fourth-order valence-corrected chi connectivity index (χ4v) is 2.76. The van der Waals surface area contributed by atoms with Crippen LogP contribution in [0.1, 0.15) is 16.7 Å². The van der Waals surface area contributed by atoms with Gasteiger partial charge < -0.3 is 20.1 Å². The molecule has 0 unspecified atom stereocenters. The summed E-state index contributed by atoms with van der Waals surface area (Å²) in [4.78, 5) is 14.2. The van der Waals surface area contributed by atoms with E-state index in [0.717, 1.165) is 16.7 Å². The number of carbonyl (C=O) groups is 1. The lowest BCUT2D eigenvalue weighted by Crippen LogP contribution is -2.42. The average Bonchev–Trinajstić information content (AvgIpc) is 2.62. The van der Waals surface area contributed by atoms with E-state index in [1.165, 1.54) is 0 Å². The molecule has 6 heteroatoms. The van der Waals surface area contributed by atoms with Crippen molar-refractivity contribution in [1.29, 1.82) is 0 Å². The molecule has 0 aliphatic heterocycles. The van der Waals surface area contributed by atoms with Gasteiger partial charge in [-0.05, 0) is 42.2 Å². The second-order valence-corrected chi connectivity index (χ2v) is 6.12. The molecule has 0 fully saturated rings. The summed E-state index contributed by atoms with van der Waals surface area (Å²) in [5.74, 6) is 1.24. The van der Waals surface area contributed by atoms with Crippen LogP contribution in [0.25, 0.3) is 0 Å². The van der Waals surface area contributed by atoms with Gasteiger partial charge >= 0.3 is 0 Å². The summed E-state index contributed by atoms with van der Waals surface area (Å²) < 4.78 is 10.7. The minimum atomic E-state index is -0.562. The van der Waals surface area contributed by atoms with E-state index in [1.807, 2.05) is 49.4 Å². The average molecular weight is 379 g/mol. The smallest absolute Gasteiger partial charge is 0.239 e. The van der Waals surface area contributed by atoms with Crippen LogP contribution < -0.4 is 15.2 Å². The van der Waals surface area contributed by atoms with Gasteiger partial charge in [-0.3, -0.25) is 4.79 Å². The van der Waals surface area contributed by atoms with Gasteiger partial charge in [0.25, 0.3) is 0 Å². The van der Waals surface area contributed by atoms with Gasteiger partial charge in [0.15, 0.2) is 11.5 Å². The van der Waals surface area contributed by atoms with Crippen LogP contribution in [-0.2, 0) is 17.8 Å². The van der Waals surface area contributed by atoms with Crippen LogP contribution in [0.15, 0.2) is 42.5 Å². The lowest BCUT2D eigenvalue weighted by Gasteiger charge is -2.23. The minimum absolute atomic E-state index is 0. The molecule has 26 heavy (non-hydrogen) atoms. The maximum absolute atomic E-state index is 12.6. The number of halogens is 1. The highest BCUT2D eigenvalue weighted by molar-refractivity contribution is 5.85. The molecule has 0 aromatic heterocycles. The summed E-state index contributed by atoms with van der Waals surface area (Å²) in [6.45, 7) is 2.45. The van der Waals surface area contributed by atoms with E-state index in [4.69, 9.17) is 15.2 Å². The Morgan fingerprint density at radius 2 is 1.69 bits per heavy atom. The van der Waals surface area contributed by atoms with Crippen molar-refractivity contribution >= 4 is 18.3 Å². The Morgan fingerprint density at radius 3 is 2.27 bits per heavy atom. The summed E-state index contributed by atoms with van der Waals surface area (Å²) in [5, 5.41) is 0. The zero-order chi connectivity index (χ0) is 18.4. The maximum atomic E-state index is 12.6. The molecular weight excluding hydrogens is 352 g/mol. The van der Waals surface area contributed by atoms with Crippen molar-refractivity contribution in [3.05, 3.63) is 59.2 Å². The number of benzene rings is 2. The third-order valence-electron chi connectivity index (χ3n) is 4.24. The molecular formula is C20H27ClN2O3. The third-order valence-corrected chi connectivity index (χ3v) is 4.24. The molecule has 2 aromatic rings. The SMILES string of the molecule is COc1cc(C)c(CN(C)C(=O)[C@@H](N)Cc2ccccc2)cc1OC.Cl. The minimum Gasteiger partial charge on any atom is -0.493 e. The number of ether oxygens (including phenoxy) is 2. The fourth-order valence-electron chi connectivity index (χ4n) is 2.76. The number of methoxy groups -OCH3 is 2. The van der Waals surface area contributed by atoms with Gasteiger partial charge in [-0.15, -0.1) is 12.4 Å². The first-order valence-corrected chi connectivity index (χ1v) is 8.22. The molecule has 1 amide bonds. The first-order chi connectivity index (χ1) is 12.0. The number of amides is 1. The topological polar surface area (TPSA) is 64.8 Å². The molecule has 5 nitrogen and oxygen atoms in total. The number of aryl methyl sites for hydroxylation is 1. The third kappa shape index (κ3) is 5.38. The Bertz CT molecular complexity index is 722. The largest absolute Gasteiger partial charge is 0.493 e. The van der Waals surface area contributed by atoms with Crippen LogP contribution in [0.3, 0.4) is 0 Å². The Kier molecular flexibility index (Phi) is 8.42. The van der Waals surface area contributed by atoms with Crippen molar-refractivity contribution < 1.29 is 14.3 Å². The summed E-state index contributed by atoms with van der Waals surface area (Å²) in [6, 6.07) is 13.1. The van der Waals surface area contributed by atoms with E-state index in [-0.39, 0.29) is 18.3 Å². The quantitative estimate of drug-likeness (QED) is 0.804. The summed E-state index contributed by atoms with van der Waals surface area (Å²) in [6.07, 6.45) is 0.523. The molecule has 2 aromatic carbocycles. The molecule has 0 aliphatic rings. The van der Waals surface area contributed by atoms with Crippen molar-refractivity contribution in [1.82, 2.24) is 4.90 Å². The highest BCUT2D eigenvalue weighted by atomic mass is 35.5. The van der Waals surface area contributed by atoms with Crippen LogP contribution in [0.5, 0.6) is 11.5 Å². The van der Waals surface area contributed by atoms with E-state index in [2.05, 4.69) is 0 Å². The van der Waals surface area contributed by atoms with Crippen LogP contribution in [0, 0.1) is 6.92 Å². The fraction of sp³-hybridized carbons (Fsp3) is 0.350. The number of nitrogens with two attached hydrogens (primary N) is 1. The molecule has 0 aliphatic carbocycles. The predicted molar refractivity (Wildman–Crippen MR) is 106 cm³/mol. The standard InChI is InChI=1S/C20H26N2O3.ClH/c1-14-10-18(24-3)19(25-4)12-16(14)13-22(2)20(23)17(21)11-15-8-6-5-7-9-15;/h5-10,12,17H,11,13,21H2,1-4H3;1H/t17-;/m0./s1. The molecule has 0 saturated carbocycles. The maximum Gasteiger partial charge on any atom is 0.239 e. The van der Waals surface area contributed by atoms with Gasteiger partial charge in [0.1, 0.15) is 0 Å². The van der Waals surface area contributed by atoms with Gasteiger partial charge in [0, 0.05) is 13.6 Å². The Morgan fingerprint density at radius 1 is 1.12 bits per heavy atom. The summed E-state index contributed by atoms with van der Waals surface area (Å²) in [7, 11) is 4.97. The van der Waals surface area contributed by atoms with Crippen molar-refractivity contribution in [3.8, 4) is 11.5 Å². The Balaban J connectivity index is 0.00000338. The van der Waals surface area contributed by atoms with E-state index in [1.54, 1.807) is 26.2 Å². The zero-order valence-corrected chi connectivity index (χ0v) is 16.5. The molecule has 0 spiro atoms. The highest BCUT2D eigenvalue weighted by Gasteiger charge is 2.20. The molecule has 0 bridgehead atoms. The monoisotopic (exact) mass is 378 g/mol. The van der Waals surface area contributed by atoms with Gasteiger partial charge in [-0.2, -0.15) is 0 Å². The number of hydrogen-bond acceptors (Lipinski definition) is 4. The first kappa shape index (κ1) is 21.8. The lowest BCUT2D eigenvalue weighted by atomic mass is 10.0. The van der Waals surface area contributed by atoms with Gasteiger partial charge in [-0.1, -0.05) is 30.3 Å². The Hall–Kier alpha value is -2.24. The van der Waals surface area contributed by atoms with Gasteiger partial charge in [-0.25, -0.2) is 0 Å². The predicted octanol–water partition coefficient (Wildman–Crippen LogP) is 2.96. The van der Waals surface area contributed by atoms with Gasteiger partial charge in [0.05, 0.1) is 20.3 Å². The molecule has 2 rings (SSSR count). The number of likely N-dealkylation sites (N-methyl/N-ethyl adjacent to an activating group) is 1. The number of hydrogen-bond donors (Lipinski definition) is 1. The van der Waals surface area contributed by atoms with Crippen molar-refractivity contribution in [3.63, 3.8) is 0 Å². The summed E-state index contributed by atoms with van der Waals surface area (Å²) in [5.41, 5.74) is 9.20. The molecule has 0 heterocycles. The van der Waals surface area contributed by atoms with Crippen LogP contribution in [-0.4, -0.2) is 38.1 Å². The van der Waals surface area contributed by atoms with Crippen molar-refractivity contribution in [2.24, 2.45) is 5.73 Å². The van der Waals surface area contributed by atoms with Crippen molar-refractivity contribution in [2.75, 3.05) is 21.3 Å². The lowest BCUT2D eigenvalue weighted by molar-refractivity contribution is -0.131. The molecule has 1 atom stereocenters. The molecule has 0 radical (unpaired) electrons. The second kappa shape index (κ2) is 10.0. The molecule has 2 N–H and O–H groups in total. The van der Waals surface area contributed by atoms with E-state index >= 15 is 0 Å². The molecule has 142 valence electrons. The van der Waals surface area contributed by atoms with E-state index in [9.17, 15) is 4.79 Å². The van der Waals surface area contributed by atoms with Gasteiger partial charge in [0.2, 0.25) is 5.91 Å².